The second-order valence-corrected chi connectivity index (χ2v) is 18.8. The predicted molar refractivity (Wildman–Crippen MR) is 206 cm³/mol. The van der Waals surface area contributed by atoms with Crippen LogP contribution in [0.1, 0.15) is 86.0 Å². The fraction of sp³-hybridized carbons (Fsp3) is 0.625. The number of nitrogens with zero attached hydrogens (tertiary/aromatic N) is 3. The standard InChI is InChI=1S/C40H52F3N5O9S/c1-7-23-16-22(2)10-8-9-11-25-20-40(25,36(51)46-58(54,55)27-12-13-27)45-33(49)30-18-26(57-34-28-19-29(41)31(56-6)17-24(28)14-15-44-34)21-47(30)35(50)32(23)48(37(52)53)38(3,4)39(5,42)43/h9,11,14-15,17,19,22-23,25-27,30,32H,7-8,10,12-13,16,18,20-21H2,1-6H3,(H,45,49)(H,46,51)(H,52,53)/b11-9-/t22-,23-,25-,26-,30+,32+,40-/m1/s1. The summed E-state index contributed by atoms with van der Waals surface area (Å²) in [5.41, 5.74) is -4.09. The minimum atomic E-state index is -4.02. The van der Waals surface area contributed by atoms with Crippen molar-refractivity contribution in [1.82, 2.24) is 24.8 Å². The summed E-state index contributed by atoms with van der Waals surface area (Å²) in [5.74, 6) is -8.54. The first kappa shape index (κ1) is 43.0. The molecule has 4 amide bonds. The third kappa shape index (κ3) is 8.30. The average Bonchev–Trinajstić information content (AvgIpc) is 4.07. The summed E-state index contributed by atoms with van der Waals surface area (Å²) in [6.07, 6.45) is 4.45. The number of carboxylic acid groups (broad SMARTS) is 1. The largest absolute Gasteiger partial charge is 0.494 e. The third-order valence-corrected chi connectivity index (χ3v) is 14.2. The maximum absolute atomic E-state index is 15.4. The van der Waals surface area contributed by atoms with Crippen molar-refractivity contribution in [2.45, 2.75) is 126 Å². The number of halogens is 3. The number of aromatic nitrogens is 1. The smallest absolute Gasteiger partial charge is 0.408 e. The molecule has 1 aromatic carbocycles. The van der Waals surface area contributed by atoms with E-state index >= 15 is 13.6 Å². The van der Waals surface area contributed by atoms with Crippen molar-refractivity contribution in [3.8, 4) is 11.6 Å². The number of ether oxygens (including phenoxy) is 2. The lowest BCUT2D eigenvalue weighted by Crippen LogP contribution is -2.67. The zero-order chi connectivity index (χ0) is 42.5. The van der Waals surface area contributed by atoms with Gasteiger partial charge in [0.2, 0.25) is 27.7 Å². The van der Waals surface area contributed by atoms with E-state index in [4.69, 9.17) is 9.47 Å². The molecule has 14 nitrogen and oxygen atoms in total. The molecule has 2 aliphatic heterocycles. The summed E-state index contributed by atoms with van der Waals surface area (Å²) in [4.78, 5) is 62.7. The molecule has 0 spiro atoms. The second kappa shape index (κ2) is 15.9. The van der Waals surface area contributed by atoms with Gasteiger partial charge >= 0.3 is 6.09 Å². The normalized spacial score (nSPS) is 28.9. The summed E-state index contributed by atoms with van der Waals surface area (Å²) in [6.45, 7) is 6.01. The minimum absolute atomic E-state index is 0.0239. The number of allylic oxidation sites excluding steroid dienone is 1. The van der Waals surface area contributed by atoms with Crippen LogP contribution in [0.15, 0.2) is 36.5 Å². The number of hydrogen-bond acceptors (Lipinski definition) is 9. The number of alkyl halides is 2. The number of pyridine rings is 1. The van der Waals surface area contributed by atoms with Gasteiger partial charge in [0.1, 0.15) is 29.3 Å². The second-order valence-electron chi connectivity index (χ2n) is 16.8. The molecule has 2 aliphatic carbocycles. The van der Waals surface area contributed by atoms with Crippen LogP contribution in [-0.2, 0) is 24.4 Å². The molecular formula is C40H52F3N5O9S. The van der Waals surface area contributed by atoms with Crippen molar-refractivity contribution in [3.63, 3.8) is 0 Å². The van der Waals surface area contributed by atoms with Gasteiger partial charge < -0.3 is 24.8 Å². The molecule has 0 radical (unpaired) electrons. The van der Waals surface area contributed by atoms with E-state index in [-0.39, 0.29) is 55.2 Å². The van der Waals surface area contributed by atoms with Crippen LogP contribution < -0.4 is 19.5 Å². The number of nitrogens with one attached hydrogen (secondary N) is 2. The highest BCUT2D eigenvalue weighted by atomic mass is 32.2. The number of rotatable bonds is 10. The molecular weight excluding hydrogens is 784 g/mol. The SMILES string of the molecule is CC[C@@H]1C[C@H](C)CC/C=C\[C@@H]2C[C@@]2(C(=O)NS(=O)(=O)C2CC2)NC(=O)[C@@H]2C[C@@H](Oc3nccc4cc(OC)c(F)cc34)CN2C(=O)[C@H]1N(C(=O)O)C(C)(C)C(C)(F)F. The van der Waals surface area contributed by atoms with Crippen molar-refractivity contribution in [2.75, 3.05) is 13.7 Å². The van der Waals surface area contributed by atoms with E-state index in [0.717, 1.165) is 18.7 Å². The Bertz CT molecular complexity index is 2090. The Hall–Kier alpha value is -4.61. The lowest BCUT2D eigenvalue weighted by Gasteiger charge is -2.47. The van der Waals surface area contributed by atoms with Crippen LogP contribution in [0, 0.1) is 23.6 Å². The van der Waals surface area contributed by atoms with E-state index in [1.54, 1.807) is 19.1 Å². The molecule has 2 saturated carbocycles. The molecule has 0 unspecified atom stereocenters. The number of benzene rings is 1. The highest BCUT2D eigenvalue weighted by Crippen LogP contribution is 2.47. The van der Waals surface area contributed by atoms with Crippen molar-refractivity contribution >= 4 is 44.6 Å². The van der Waals surface area contributed by atoms with E-state index in [2.05, 4.69) is 15.0 Å². The molecule has 58 heavy (non-hydrogen) atoms. The van der Waals surface area contributed by atoms with Crippen molar-refractivity contribution in [2.24, 2.45) is 17.8 Å². The monoisotopic (exact) mass is 835 g/mol. The number of carbonyl (C=O) groups is 4. The number of fused-ring (bicyclic) bond motifs is 3. The molecule has 0 bridgehead atoms. The Morgan fingerprint density at radius 2 is 1.86 bits per heavy atom. The van der Waals surface area contributed by atoms with Crippen LogP contribution >= 0.6 is 0 Å². The predicted octanol–water partition coefficient (Wildman–Crippen LogP) is 5.40. The minimum Gasteiger partial charge on any atom is -0.494 e. The molecule has 7 atom stereocenters. The Balaban J connectivity index is 1.44. The van der Waals surface area contributed by atoms with Crippen LogP contribution in [0.2, 0.25) is 0 Å². The summed E-state index contributed by atoms with van der Waals surface area (Å²) >= 11 is 0. The van der Waals surface area contributed by atoms with E-state index in [0.29, 0.717) is 42.9 Å². The highest BCUT2D eigenvalue weighted by Gasteiger charge is 2.63. The topological polar surface area (TPSA) is 185 Å². The zero-order valence-corrected chi connectivity index (χ0v) is 34.3. The Labute approximate surface area is 335 Å². The first-order valence-electron chi connectivity index (χ1n) is 19.7. The Morgan fingerprint density at radius 3 is 2.48 bits per heavy atom. The van der Waals surface area contributed by atoms with Gasteiger partial charge in [-0.2, -0.15) is 0 Å². The van der Waals surface area contributed by atoms with E-state index in [9.17, 15) is 32.3 Å². The quantitative estimate of drug-likeness (QED) is 0.262. The van der Waals surface area contributed by atoms with Crippen LogP contribution in [-0.4, -0.2) is 106 Å². The summed E-state index contributed by atoms with van der Waals surface area (Å²) in [5, 5.41) is 13.5. The molecule has 318 valence electrons. The molecule has 6 rings (SSSR count). The van der Waals surface area contributed by atoms with E-state index in [1.807, 2.05) is 13.0 Å². The molecule has 1 saturated heterocycles. The maximum Gasteiger partial charge on any atom is 0.408 e. The van der Waals surface area contributed by atoms with Gasteiger partial charge in [0, 0.05) is 30.8 Å². The molecule has 3 fully saturated rings. The number of sulfonamides is 1. The molecule has 3 heterocycles. The van der Waals surface area contributed by atoms with Crippen LogP contribution in [0.4, 0.5) is 18.0 Å². The molecule has 4 aliphatic rings. The van der Waals surface area contributed by atoms with Crippen LogP contribution in [0.3, 0.4) is 0 Å². The average molecular weight is 836 g/mol. The van der Waals surface area contributed by atoms with Gasteiger partial charge in [-0.3, -0.25) is 24.0 Å². The fourth-order valence-corrected chi connectivity index (χ4v) is 9.67. The van der Waals surface area contributed by atoms with Gasteiger partial charge in [0.05, 0.1) is 18.9 Å². The maximum atomic E-state index is 15.4. The summed E-state index contributed by atoms with van der Waals surface area (Å²) < 4.78 is 85.1. The molecule has 3 N–H and O–H groups in total. The number of carbonyl (C=O) groups excluding carboxylic acids is 3. The number of methoxy groups -OCH3 is 1. The lowest BCUT2D eigenvalue weighted by molar-refractivity contribution is -0.157. The van der Waals surface area contributed by atoms with Gasteiger partial charge in [0.25, 0.3) is 11.8 Å². The first-order valence-corrected chi connectivity index (χ1v) is 21.2. The Kier molecular flexibility index (Phi) is 11.8. The van der Waals surface area contributed by atoms with E-state index < -0.39 is 91.9 Å². The fourth-order valence-electron chi connectivity index (χ4n) is 8.30. The number of hydrogen-bond donors (Lipinski definition) is 3. The van der Waals surface area contributed by atoms with Gasteiger partial charge in [-0.1, -0.05) is 32.4 Å². The lowest BCUT2D eigenvalue weighted by atomic mass is 9.81. The molecule has 2 aromatic rings. The van der Waals surface area contributed by atoms with Crippen molar-refractivity contribution in [3.05, 3.63) is 42.4 Å². The van der Waals surface area contributed by atoms with Gasteiger partial charge in [0.15, 0.2) is 11.6 Å². The van der Waals surface area contributed by atoms with Crippen molar-refractivity contribution < 1.29 is 55.3 Å². The molecule has 18 heteroatoms. The summed E-state index contributed by atoms with van der Waals surface area (Å²) in [6, 6.07) is 1.10. The first-order chi connectivity index (χ1) is 27.1. The summed E-state index contributed by atoms with van der Waals surface area (Å²) in [7, 11) is -2.70. The number of amides is 4. The van der Waals surface area contributed by atoms with Crippen molar-refractivity contribution in [1.29, 1.82) is 0 Å². The third-order valence-electron chi connectivity index (χ3n) is 12.4. The van der Waals surface area contributed by atoms with Crippen LogP contribution in [0.25, 0.3) is 10.8 Å². The van der Waals surface area contributed by atoms with Gasteiger partial charge in [-0.15, -0.1) is 0 Å². The van der Waals surface area contributed by atoms with Gasteiger partial charge in [-0.25, -0.2) is 31.4 Å². The zero-order valence-electron chi connectivity index (χ0n) is 33.5. The van der Waals surface area contributed by atoms with Gasteiger partial charge in [-0.05, 0) is 87.8 Å². The molecule has 1 aromatic heterocycles. The highest BCUT2D eigenvalue weighted by molar-refractivity contribution is 7.91. The van der Waals surface area contributed by atoms with Crippen LogP contribution in [0.5, 0.6) is 11.6 Å². The Morgan fingerprint density at radius 1 is 1.16 bits per heavy atom. The van der Waals surface area contributed by atoms with E-state index in [1.165, 1.54) is 25.4 Å².